The Morgan fingerprint density at radius 2 is 1.75 bits per heavy atom. The third kappa shape index (κ3) is 3.35. The molecule has 1 aromatic heterocycles. The smallest absolute Gasteiger partial charge is 0.234 e. The molecule has 1 aliphatic heterocycles. The predicted octanol–water partition coefficient (Wildman–Crippen LogP) is 6.71. The molecule has 5 rings (SSSR count). The van der Waals surface area contributed by atoms with Crippen molar-refractivity contribution in [3.63, 3.8) is 0 Å². The minimum Gasteiger partial charge on any atom is -0.294 e. The summed E-state index contributed by atoms with van der Waals surface area (Å²) in [4.78, 5) is 33.9. The standard InChI is InChI=1S/C26H25BrN2O2S/c1-15-10-17(27)11-20-23(15)28-24(32-20)29-18-12-25(2,3)13-19(30)22(18)26(4,14-21(29)31)16-8-6-5-7-9-16/h5-11H,12-14H2,1-4H3. The maximum absolute atomic E-state index is 13.7. The molecule has 0 spiro atoms. The third-order valence-corrected chi connectivity index (χ3v) is 8.11. The van der Waals surface area contributed by atoms with Gasteiger partial charge in [0.2, 0.25) is 5.91 Å². The number of allylic oxidation sites excluding steroid dienone is 2. The highest BCUT2D eigenvalue weighted by Gasteiger charge is 2.50. The first-order chi connectivity index (χ1) is 15.1. The maximum Gasteiger partial charge on any atom is 0.234 e. The summed E-state index contributed by atoms with van der Waals surface area (Å²) < 4.78 is 2.02. The molecule has 1 atom stereocenters. The fourth-order valence-electron chi connectivity index (χ4n) is 5.24. The number of anilines is 1. The second-order valence-electron chi connectivity index (χ2n) is 9.93. The van der Waals surface area contributed by atoms with E-state index in [4.69, 9.17) is 4.98 Å². The van der Waals surface area contributed by atoms with Crippen molar-refractivity contribution in [3.8, 4) is 0 Å². The summed E-state index contributed by atoms with van der Waals surface area (Å²) in [5.41, 5.74) is 3.74. The van der Waals surface area contributed by atoms with Crippen molar-refractivity contribution in [2.24, 2.45) is 5.41 Å². The van der Waals surface area contributed by atoms with Gasteiger partial charge in [0.1, 0.15) is 0 Å². The summed E-state index contributed by atoms with van der Waals surface area (Å²) >= 11 is 5.07. The molecule has 3 aromatic rings. The van der Waals surface area contributed by atoms with Crippen LogP contribution < -0.4 is 4.90 Å². The zero-order valence-electron chi connectivity index (χ0n) is 18.7. The van der Waals surface area contributed by atoms with E-state index in [1.54, 1.807) is 4.90 Å². The van der Waals surface area contributed by atoms with Crippen molar-refractivity contribution in [1.29, 1.82) is 0 Å². The summed E-state index contributed by atoms with van der Waals surface area (Å²) in [6.07, 6.45) is 1.41. The molecule has 1 unspecified atom stereocenters. The highest BCUT2D eigenvalue weighted by Crippen LogP contribution is 2.51. The van der Waals surface area contributed by atoms with E-state index in [9.17, 15) is 9.59 Å². The fourth-order valence-corrected chi connectivity index (χ4v) is 7.09. The van der Waals surface area contributed by atoms with Crippen molar-refractivity contribution >= 4 is 54.3 Å². The number of benzene rings is 2. The van der Waals surface area contributed by atoms with Crippen LogP contribution in [0.25, 0.3) is 10.2 Å². The Morgan fingerprint density at radius 1 is 1.03 bits per heavy atom. The molecule has 2 aromatic carbocycles. The van der Waals surface area contributed by atoms with Gasteiger partial charge in [-0.2, -0.15) is 0 Å². The lowest BCUT2D eigenvalue weighted by molar-refractivity contribution is -0.122. The summed E-state index contributed by atoms with van der Waals surface area (Å²) in [5.74, 6) is 0.136. The number of carbonyl (C=O) groups is 2. The van der Waals surface area contributed by atoms with E-state index in [-0.39, 0.29) is 23.5 Å². The van der Waals surface area contributed by atoms with Gasteiger partial charge in [-0.1, -0.05) is 78.4 Å². The van der Waals surface area contributed by atoms with Crippen LogP contribution in [0.3, 0.4) is 0 Å². The van der Waals surface area contributed by atoms with Gasteiger partial charge in [-0.3, -0.25) is 14.5 Å². The lowest BCUT2D eigenvalue weighted by Gasteiger charge is -2.46. The molecule has 0 saturated heterocycles. The number of halogens is 1. The molecule has 4 nitrogen and oxygen atoms in total. The number of fused-ring (bicyclic) bond motifs is 1. The number of amides is 1. The molecular formula is C26H25BrN2O2S. The number of aryl methyl sites for hydroxylation is 1. The lowest BCUT2D eigenvalue weighted by Crippen LogP contribution is -2.49. The van der Waals surface area contributed by atoms with E-state index >= 15 is 0 Å². The molecule has 2 heterocycles. The van der Waals surface area contributed by atoms with E-state index in [0.717, 1.165) is 37.1 Å². The van der Waals surface area contributed by atoms with Gasteiger partial charge in [0.15, 0.2) is 10.9 Å². The van der Waals surface area contributed by atoms with Crippen LogP contribution in [0.1, 0.15) is 51.2 Å². The van der Waals surface area contributed by atoms with Crippen LogP contribution in [-0.4, -0.2) is 16.7 Å². The molecule has 2 aliphatic rings. The van der Waals surface area contributed by atoms with Crippen LogP contribution in [0.5, 0.6) is 0 Å². The van der Waals surface area contributed by atoms with E-state index in [1.807, 2.05) is 56.3 Å². The highest BCUT2D eigenvalue weighted by atomic mass is 79.9. The number of hydrogen-bond donors (Lipinski definition) is 0. The number of rotatable bonds is 2. The van der Waals surface area contributed by atoms with Gasteiger partial charge >= 0.3 is 0 Å². The zero-order valence-corrected chi connectivity index (χ0v) is 21.1. The normalized spacial score (nSPS) is 23.1. The first-order valence-corrected chi connectivity index (χ1v) is 12.4. The molecule has 164 valence electrons. The molecule has 1 amide bonds. The van der Waals surface area contributed by atoms with E-state index in [1.165, 1.54) is 11.3 Å². The quantitative estimate of drug-likeness (QED) is 0.386. The number of thiazole rings is 1. The molecular weight excluding hydrogens is 484 g/mol. The van der Waals surface area contributed by atoms with Crippen molar-refractivity contribution in [2.75, 3.05) is 4.90 Å². The molecule has 32 heavy (non-hydrogen) atoms. The predicted molar refractivity (Wildman–Crippen MR) is 133 cm³/mol. The third-order valence-electron chi connectivity index (χ3n) is 6.67. The largest absolute Gasteiger partial charge is 0.294 e. The minimum absolute atomic E-state index is 0.00335. The van der Waals surface area contributed by atoms with Gasteiger partial charge in [-0.25, -0.2) is 4.98 Å². The monoisotopic (exact) mass is 508 g/mol. The number of nitrogens with zero attached hydrogens (tertiary/aromatic N) is 2. The average Bonchev–Trinajstić information content (AvgIpc) is 3.10. The Kier molecular flexibility index (Phi) is 4.95. The van der Waals surface area contributed by atoms with E-state index < -0.39 is 5.41 Å². The van der Waals surface area contributed by atoms with Crippen LogP contribution in [0, 0.1) is 12.3 Å². The second-order valence-corrected chi connectivity index (χ2v) is 11.9. The van der Waals surface area contributed by atoms with Crippen molar-refractivity contribution in [3.05, 3.63) is 69.3 Å². The number of ketones is 1. The van der Waals surface area contributed by atoms with E-state index in [2.05, 4.69) is 29.8 Å². The zero-order chi connectivity index (χ0) is 22.8. The van der Waals surface area contributed by atoms with Crippen LogP contribution >= 0.6 is 27.3 Å². The highest BCUT2D eigenvalue weighted by molar-refractivity contribution is 9.10. The molecule has 0 N–H and O–H groups in total. The van der Waals surface area contributed by atoms with Gasteiger partial charge in [-0.15, -0.1) is 0 Å². The number of carbonyl (C=O) groups excluding carboxylic acids is 2. The van der Waals surface area contributed by atoms with Crippen molar-refractivity contribution < 1.29 is 9.59 Å². The van der Waals surface area contributed by atoms with Gasteiger partial charge in [0.05, 0.1) is 10.2 Å². The summed E-state index contributed by atoms with van der Waals surface area (Å²) in [6, 6.07) is 14.0. The Hall–Kier alpha value is -2.31. The topological polar surface area (TPSA) is 50.3 Å². The summed E-state index contributed by atoms with van der Waals surface area (Å²) in [7, 11) is 0. The van der Waals surface area contributed by atoms with Crippen molar-refractivity contribution in [2.45, 2.75) is 52.4 Å². The second kappa shape index (κ2) is 7.35. The number of hydrogen-bond acceptors (Lipinski definition) is 4. The first kappa shape index (κ1) is 21.5. The van der Waals surface area contributed by atoms with Gasteiger partial charge < -0.3 is 0 Å². The van der Waals surface area contributed by atoms with Gasteiger partial charge in [0.25, 0.3) is 0 Å². The molecule has 0 fully saturated rings. The molecule has 1 aliphatic carbocycles. The summed E-state index contributed by atoms with van der Waals surface area (Å²) in [6.45, 7) is 8.28. The van der Waals surface area contributed by atoms with Crippen LogP contribution in [-0.2, 0) is 15.0 Å². The molecule has 0 bridgehead atoms. The molecule has 0 saturated carbocycles. The number of aromatic nitrogens is 1. The lowest BCUT2D eigenvalue weighted by atomic mass is 9.62. The Balaban J connectivity index is 1.75. The SMILES string of the molecule is Cc1cc(Br)cc2sc(N3C(=O)CC(C)(c4ccccc4)C4=C3CC(C)(C)CC4=O)nc12. The fraction of sp³-hybridized carbons (Fsp3) is 0.346. The van der Waals surface area contributed by atoms with Crippen molar-refractivity contribution in [1.82, 2.24) is 4.98 Å². The molecule has 6 heteroatoms. The van der Waals surface area contributed by atoms with Gasteiger partial charge in [-0.05, 0) is 42.0 Å². The maximum atomic E-state index is 13.7. The van der Waals surface area contributed by atoms with Crippen LogP contribution in [0.2, 0.25) is 0 Å². The Labute approximate surface area is 200 Å². The van der Waals surface area contributed by atoms with Crippen LogP contribution in [0.4, 0.5) is 5.13 Å². The molecule has 0 radical (unpaired) electrons. The minimum atomic E-state index is -0.632. The Morgan fingerprint density at radius 3 is 2.47 bits per heavy atom. The van der Waals surface area contributed by atoms with E-state index in [0.29, 0.717) is 18.0 Å². The number of Topliss-reactive ketones (excluding diaryl/α,β-unsaturated/α-hetero) is 1. The first-order valence-electron chi connectivity index (χ1n) is 10.8. The Bertz CT molecular complexity index is 1310. The average molecular weight is 509 g/mol. The summed E-state index contributed by atoms with van der Waals surface area (Å²) in [5, 5.41) is 0.652. The van der Waals surface area contributed by atoms with Crippen LogP contribution in [0.15, 0.2) is 58.2 Å². The van der Waals surface area contributed by atoms with Gasteiger partial charge in [0, 0.05) is 34.0 Å².